The van der Waals surface area contributed by atoms with Gasteiger partial charge in [0.15, 0.2) is 0 Å². The van der Waals surface area contributed by atoms with Crippen molar-refractivity contribution in [2.45, 2.75) is 27.7 Å². The summed E-state index contributed by atoms with van der Waals surface area (Å²) in [4.78, 5) is 8.55. The lowest BCUT2D eigenvalue weighted by Crippen LogP contribution is -1.94. The van der Waals surface area contributed by atoms with Gasteiger partial charge in [-0.1, -0.05) is 108 Å². The quantitative estimate of drug-likeness (QED) is 0.165. The lowest BCUT2D eigenvalue weighted by molar-refractivity contribution is 1.30. The van der Waals surface area contributed by atoms with Gasteiger partial charge in [-0.25, -0.2) is 0 Å². The van der Waals surface area contributed by atoms with Crippen molar-refractivity contribution in [2.75, 3.05) is 0 Å². The highest BCUT2D eigenvalue weighted by Gasteiger charge is 2.29. The average molecular weight is 889 g/mol. The van der Waals surface area contributed by atoms with Crippen LogP contribution in [0.15, 0.2) is 170 Å². The van der Waals surface area contributed by atoms with E-state index in [2.05, 4.69) is 183 Å². The second-order valence-electron chi connectivity index (χ2n) is 19.3. The molecule has 0 aliphatic heterocycles. The number of nitriles is 2. The van der Waals surface area contributed by atoms with Crippen LogP contribution in [-0.4, -0.2) is 9.97 Å². The van der Waals surface area contributed by atoms with Gasteiger partial charge in [-0.2, -0.15) is 10.5 Å². The Morgan fingerprint density at radius 1 is 0.300 bits per heavy atom. The lowest BCUT2D eigenvalue weighted by atomic mass is 9.83. The summed E-state index contributed by atoms with van der Waals surface area (Å²) in [5, 5.41) is 32.3. The summed E-state index contributed by atoms with van der Waals surface area (Å²) in [6.07, 6.45) is 6.87. The first-order chi connectivity index (χ1) is 34.3. The van der Waals surface area contributed by atoms with Crippen LogP contribution >= 0.6 is 0 Å². The standard InChI is InChI=1S/C66H40N4/c1-35-11-13-37(3)51(23-35)57-29-63-62-26-54-48-10-6-8-46-44(42-20-22-70-34-40(42)32-68)16-18-50(66(46)48)56(54)28-60(62)58(52-24-36(2)12-14-38(52)4)30-64(63)61-25-53-47-9-5-7-45-43(41-19-21-69-33-39(41)31-67)15-17-49(65(45)47)55(53)27-59(57)61/h5-30,33-34H,1-4H3. The highest BCUT2D eigenvalue weighted by Crippen LogP contribution is 2.56. The van der Waals surface area contributed by atoms with Gasteiger partial charge in [-0.05, 0) is 219 Å². The van der Waals surface area contributed by atoms with E-state index in [1.54, 1.807) is 24.8 Å². The van der Waals surface area contributed by atoms with E-state index in [4.69, 9.17) is 0 Å². The first-order valence-electron chi connectivity index (χ1n) is 23.8. The molecule has 2 aliphatic carbocycles. The van der Waals surface area contributed by atoms with Gasteiger partial charge in [0.1, 0.15) is 12.1 Å². The molecule has 0 unspecified atom stereocenters. The van der Waals surface area contributed by atoms with Crippen LogP contribution in [0.5, 0.6) is 0 Å². The van der Waals surface area contributed by atoms with Crippen LogP contribution in [0, 0.1) is 50.4 Å². The van der Waals surface area contributed by atoms with E-state index in [0.717, 1.165) is 33.0 Å². The van der Waals surface area contributed by atoms with Crippen LogP contribution < -0.4 is 0 Å². The molecule has 0 atom stereocenters. The fourth-order valence-electron chi connectivity index (χ4n) is 12.1. The van der Waals surface area contributed by atoms with Crippen molar-refractivity contribution >= 4 is 53.9 Å². The third kappa shape index (κ3) is 5.51. The number of aryl methyl sites for hydroxylation is 4. The maximum atomic E-state index is 10.1. The van der Waals surface area contributed by atoms with Gasteiger partial charge in [0.2, 0.25) is 0 Å². The fraction of sp³-hybridized carbons (Fsp3) is 0.0606. The molecule has 0 fully saturated rings. The predicted molar refractivity (Wildman–Crippen MR) is 289 cm³/mol. The molecule has 0 N–H and O–H groups in total. The molecule has 0 saturated carbocycles. The first kappa shape index (κ1) is 39.9. The van der Waals surface area contributed by atoms with Crippen LogP contribution in [0.2, 0.25) is 0 Å². The molecule has 0 saturated heterocycles. The number of pyridine rings is 2. The maximum absolute atomic E-state index is 10.1. The van der Waals surface area contributed by atoms with Crippen LogP contribution in [0.25, 0.3) is 143 Å². The SMILES string of the molecule is Cc1ccc(C)c(-c2cc3c4cc5c(cc4c(-c4cc(C)ccc4C)cc3c3cc4c(cc23)-c2ccc(-c3ccncc3C#N)c3cccc-4c23)-c2ccc(-c3ccncc3C#N)c3cccc-5c23)c1. The molecule has 0 amide bonds. The molecule has 12 aromatic rings. The minimum absolute atomic E-state index is 0.566. The number of hydrogen-bond acceptors (Lipinski definition) is 4. The largest absolute Gasteiger partial charge is 0.263 e. The van der Waals surface area contributed by atoms with Gasteiger partial charge in [-0.15, -0.1) is 0 Å². The zero-order chi connectivity index (χ0) is 47.1. The molecule has 4 heteroatoms. The monoisotopic (exact) mass is 888 g/mol. The molecule has 0 spiro atoms. The molecule has 2 aliphatic rings. The number of aromatic nitrogens is 2. The third-order valence-corrected chi connectivity index (χ3v) is 15.4. The Balaban J connectivity index is 1.11. The Kier molecular flexibility index (Phi) is 8.34. The lowest BCUT2D eigenvalue weighted by Gasteiger charge is -2.20. The van der Waals surface area contributed by atoms with Crippen molar-refractivity contribution in [2.24, 2.45) is 0 Å². The van der Waals surface area contributed by atoms with Crippen molar-refractivity contribution in [3.8, 4) is 101 Å². The Hall–Kier alpha value is -9.22. The van der Waals surface area contributed by atoms with Crippen molar-refractivity contribution < 1.29 is 0 Å². The highest BCUT2D eigenvalue weighted by atomic mass is 14.6. The molecule has 2 aromatic heterocycles. The zero-order valence-corrected chi connectivity index (χ0v) is 39.0. The second kappa shape index (κ2) is 14.6. The van der Waals surface area contributed by atoms with E-state index >= 15 is 0 Å². The van der Waals surface area contributed by atoms with Gasteiger partial charge in [0, 0.05) is 35.9 Å². The molecule has 0 bridgehead atoms. The number of nitrogens with zero attached hydrogens (tertiary/aromatic N) is 4. The minimum Gasteiger partial charge on any atom is -0.263 e. The summed E-state index contributed by atoms with van der Waals surface area (Å²) in [5.41, 5.74) is 24.5. The van der Waals surface area contributed by atoms with E-state index < -0.39 is 0 Å². The number of fused-ring (bicyclic) bond motifs is 11. The zero-order valence-electron chi connectivity index (χ0n) is 39.0. The van der Waals surface area contributed by atoms with E-state index in [1.165, 1.54) is 132 Å². The van der Waals surface area contributed by atoms with Gasteiger partial charge in [0.25, 0.3) is 0 Å². The summed E-state index contributed by atoms with van der Waals surface area (Å²) in [6.45, 7) is 8.84. The average Bonchev–Trinajstić information content (AvgIpc) is 3.89. The summed E-state index contributed by atoms with van der Waals surface area (Å²) in [5.74, 6) is 0. The van der Waals surface area contributed by atoms with Gasteiger partial charge in [-0.3, -0.25) is 9.97 Å². The molecule has 324 valence electrons. The van der Waals surface area contributed by atoms with Gasteiger partial charge in [0.05, 0.1) is 11.1 Å². The molecule has 70 heavy (non-hydrogen) atoms. The number of rotatable bonds is 4. The van der Waals surface area contributed by atoms with Gasteiger partial charge >= 0.3 is 0 Å². The fourth-order valence-corrected chi connectivity index (χ4v) is 12.1. The molecule has 2 heterocycles. The van der Waals surface area contributed by atoms with Crippen molar-refractivity contribution in [3.05, 3.63) is 204 Å². The van der Waals surface area contributed by atoms with Crippen molar-refractivity contribution in [3.63, 3.8) is 0 Å². The Morgan fingerprint density at radius 2 is 0.671 bits per heavy atom. The topological polar surface area (TPSA) is 73.4 Å². The van der Waals surface area contributed by atoms with Gasteiger partial charge < -0.3 is 0 Å². The van der Waals surface area contributed by atoms with Crippen molar-refractivity contribution in [1.29, 1.82) is 10.5 Å². The van der Waals surface area contributed by atoms with E-state index in [1.807, 2.05) is 12.1 Å². The third-order valence-electron chi connectivity index (χ3n) is 15.4. The summed E-state index contributed by atoms with van der Waals surface area (Å²) in [6, 6.07) is 59.3. The predicted octanol–water partition coefficient (Wildman–Crippen LogP) is 17.2. The van der Waals surface area contributed by atoms with Crippen LogP contribution in [-0.2, 0) is 0 Å². The van der Waals surface area contributed by atoms with Crippen molar-refractivity contribution in [1.82, 2.24) is 9.97 Å². The summed E-state index contributed by atoms with van der Waals surface area (Å²) in [7, 11) is 0. The van der Waals surface area contributed by atoms with E-state index in [-0.39, 0.29) is 0 Å². The molecule has 14 rings (SSSR count). The maximum Gasteiger partial charge on any atom is 0.101 e. The first-order valence-corrected chi connectivity index (χ1v) is 23.8. The Labute approximate surface area is 405 Å². The molecule has 10 aromatic carbocycles. The summed E-state index contributed by atoms with van der Waals surface area (Å²) < 4.78 is 0. The van der Waals surface area contributed by atoms with E-state index in [9.17, 15) is 10.5 Å². The molecular formula is C66H40N4. The highest BCUT2D eigenvalue weighted by molar-refractivity contribution is 6.30. The Bertz CT molecular complexity index is 4200. The summed E-state index contributed by atoms with van der Waals surface area (Å²) >= 11 is 0. The Morgan fingerprint density at radius 3 is 1.10 bits per heavy atom. The van der Waals surface area contributed by atoms with Crippen LogP contribution in [0.1, 0.15) is 33.4 Å². The number of hydrogen-bond donors (Lipinski definition) is 0. The molecular weight excluding hydrogens is 849 g/mol. The smallest absolute Gasteiger partial charge is 0.101 e. The van der Waals surface area contributed by atoms with E-state index in [0.29, 0.717) is 11.1 Å². The second-order valence-corrected chi connectivity index (χ2v) is 19.3. The van der Waals surface area contributed by atoms with Crippen LogP contribution in [0.4, 0.5) is 0 Å². The normalized spacial score (nSPS) is 12.0. The molecule has 0 radical (unpaired) electrons. The molecule has 4 nitrogen and oxygen atoms in total. The minimum atomic E-state index is 0.566. The number of benzene rings is 10. The van der Waals surface area contributed by atoms with Crippen LogP contribution in [0.3, 0.4) is 0 Å².